The Bertz CT molecular complexity index is 668. The van der Waals surface area contributed by atoms with Crippen LogP contribution in [0.15, 0.2) is 18.2 Å². The molecule has 0 bridgehead atoms. The maximum Gasteiger partial charge on any atom is 0.265 e. The van der Waals surface area contributed by atoms with Gasteiger partial charge >= 0.3 is 0 Å². The Morgan fingerprint density at radius 1 is 1.28 bits per heavy atom. The molecule has 3 aliphatic rings. The number of amides is 2. The van der Waals surface area contributed by atoms with Crippen LogP contribution in [0.5, 0.6) is 5.75 Å². The van der Waals surface area contributed by atoms with Gasteiger partial charge in [-0.25, -0.2) is 0 Å². The molecular weight excluding hydrogens is 342 g/mol. The molecule has 1 saturated carbocycles. The van der Waals surface area contributed by atoms with E-state index in [0.717, 1.165) is 6.42 Å². The topological polar surface area (TPSA) is 79.5 Å². The van der Waals surface area contributed by atoms with Crippen LogP contribution in [-0.2, 0) is 9.59 Å². The summed E-state index contributed by atoms with van der Waals surface area (Å²) in [5.74, 6) is 1.09. The van der Waals surface area contributed by atoms with Crippen LogP contribution in [0.4, 0.5) is 11.4 Å². The normalized spacial score (nSPS) is 30.2. The summed E-state index contributed by atoms with van der Waals surface area (Å²) >= 11 is 0. The van der Waals surface area contributed by atoms with E-state index in [-0.39, 0.29) is 30.3 Å². The Labute approximate surface area is 153 Å². The van der Waals surface area contributed by atoms with Crippen molar-refractivity contribution < 1.29 is 14.3 Å². The molecule has 3 N–H and O–H groups in total. The highest BCUT2D eigenvalue weighted by atomic mass is 35.5. The van der Waals surface area contributed by atoms with Gasteiger partial charge in [-0.2, -0.15) is 0 Å². The van der Waals surface area contributed by atoms with Gasteiger partial charge in [0, 0.05) is 11.7 Å². The molecule has 4 unspecified atom stereocenters. The second-order valence-electron chi connectivity index (χ2n) is 7.06. The summed E-state index contributed by atoms with van der Waals surface area (Å²) in [6.07, 6.45) is 5.35. The van der Waals surface area contributed by atoms with Crippen LogP contribution in [0.25, 0.3) is 0 Å². The lowest BCUT2D eigenvalue weighted by atomic mass is 9.85. The van der Waals surface area contributed by atoms with Crippen LogP contribution in [0.2, 0.25) is 0 Å². The Morgan fingerprint density at radius 3 is 2.88 bits per heavy atom. The summed E-state index contributed by atoms with van der Waals surface area (Å²) in [7, 11) is 0. The highest BCUT2D eigenvalue weighted by Crippen LogP contribution is 2.35. The van der Waals surface area contributed by atoms with Crippen molar-refractivity contribution in [1.82, 2.24) is 5.32 Å². The third-order valence-corrected chi connectivity index (χ3v) is 5.36. The fourth-order valence-corrected chi connectivity index (χ4v) is 4.04. The van der Waals surface area contributed by atoms with E-state index in [2.05, 4.69) is 16.0 Å². The molecule has 2 fully saturated rings. The average Bonchev–Trinajstić information content (AvgIpc) is 3.00. The summed E-state index contributed by atoms with van der Waals surface area (Å²) in [5.41, 5.74) is 1.28. The molecule has 2 heterocycles. The Kier molecular flexibility index (Phi) is 5.20. The molecule has 6 nitrogen and oxygen atoms in total. The molecule has 2 amide bonds. The van der Waals surface area contributed by atoms with E-state index in [9.17, 15) is 9.59 Å². The number of nitrogens with one attached hydrogen (secondary N) is 3. The average molecular weight is 366 g/mol. The maximum atomic E-state index is 12.6. The van der Waals surface area contributed by atoms with Crippen molar-refractivity contribution in [3.8, 4) is 5.75 Å². The molecule has 25 heavy (non-hydrogen) atoms. The van der Waals surface area contributed by atoms with E-state index in [0.29, 0.717) is 29.1 Å². The van der Waals surface area contributed by atoms with Crippen LogP contribution in [0.1, 0.15) is 39.0 Å². The van der Waals surface area contributed by atoms with Gasteiger partial charge in [0.25, 0.3) is 5.91 Å². The van der Waals surface area contributed by atoms with Crippen molar-refractivity contribution in [2.75, 3.05) is 10.6 Å². The Balaban J connectivity index is 0.00000182. The standard InChI is InChI=1S/C18H23N3O3.ClH/c1-10-17(22)21-14-9-12(6-7-16(14)24-10)19-18(23)15-8-11-4-2-3-5-13(11)20-15;/h6-7,9-11,13,15,20H,2-5,8H2,1H3,(H,19,23)(H,21,22);1H. The van der Waals surface area contributed by atoms with E-state index in [4.69, 9.17) is 4.74 Å². The van der Waals surface area contributed by atoms with E-state index >= 15 is 0 Å². The molecule has 1 saturated heterocycles. The van der Waals surface area contributed by atoms with Gasteiger partial charge < -0.3 is 20.7 Å². The quantitative estimate of drug-likeness (QED) is 0.752. The minimum atomic E-state index is -0.496. The van der Waals surface area contributed by atoms with E-state index in [1.165, 1.54) is 25.7 Å². The molecule has 1 aliphatic carbocycles. The molecular formula is C18H24ClN3O3. The molecule has 136 valence electrons. The highest BCUT2D eigenvalue weighted by Gasteiger charge is 2.38. The number of ether oxygens (including phenoxy) is 1. The summed E-state index contributed by atoms with van der Waals surface area (Å²) in [5, 5.41) is 9.25. The van der Waals surface area contributed by atoms with Crippen molar-refractivity contribution in [3.63, 3.8) is 0 Å². The van der Waals surface area contributed by atoms with Crippen molar-refractivity contribution in [2.45, 2.75) is 57.2 Å². The van der Waals surface area contributed by atoms with Crippen molar-refractivity contribution in [1.29, 1.82) is 0 Å². The van der Waals surface area contributed by atoms with Crippen molar-refractivity contribution in [3.05, 3.63) is 18.2 Å². The number of hydrogen-bond donors (Lipinski definition) is 3. The molecule has 1 aromatic rings. The predicted molar refractivity (Wildman–Crippen MR) is 98.3 cm³/mol. The number of carbonyl (C=O) groups excluding carboxylic acids is 2. The SMILES string of the molecule is CC1Oc2ccc(NC(=O)C3CC4CCCCC4N3)cc2NC1=O.Cl. The molecule has 4 atom stereocenters. The minimum Gasteiger partial charge on any atom is -0.479 e. The van der Waals surface area contributed by atoms with Gasteiger partial charge in [-0.3, -0.25) is 9.59 Å². The van der Waals surface area contributed by atoms with E-state index in [1.807, 2.05) is 6.07 Å². The molecule has 7 heteroatoms. The number of fused-ring (bicyclic) bond motifs is 2. The van der Waals surface area contributed by atoms with E-state index < -0.39 is 6.10 Å². The number of rotatable bonds is 2. The third kappa shape index (κ3) is 3.60. The largest absolute Gasteiger partial charge is 0.479 e. The zero-order valence-corrected chi connectivity index (χ0v) is 15.0. The summed E-state index contributed by atoms with van der Waals surface area (Å²) < 4.78 is 5.53. The fraction of sp³-hybridized carbons (Fsp3) is 0.556. The first kappa shape index (κ1) is 18.0. The first-order chi connectivity index (χ1) is 11.6. The minimum absolute atomic E-state index is 0. The molecule has 2 aliphatic heterocycles. The van der Waals surface area contributed by atoms with Crippen LogP contribution >= 0.6 is 12.4 Å². The van der Waals surface area contributed by atoms with Gasteiger partial charge in [-0.1, -0.05) is 12.8 Å². The fourth-order valence-electron chi connectivity index (χ4n) is 4.04. The number of benzene rings is 1. The smallest absolute Gasteiger partial charge is 0.265 e. The number of hydrogen-bond acceptors (Lipinski definition) is 4. The van der Waals surface area contributed by atoms with Crippen LogP contribution in [-0.4, -0.2) is 30.0 Å². The molecule has 0 spiro atoms. The van der Waals surface area contributed by atoms with Crippen molar-refractivity contribution in [2.24, 2.45) is 5.92 Å². The summed E-state index contributed by atoms with van der Waals surface area (Å²) in [6, 6.07) is 5.71. The molecule has 0 radical (unpaired) electrons. The molecule has 4 rings (SSSR count). The zero-order chi connectivity index (χ0) is 16.7. The second-order valence-corrected chi connectivity index (χ2v) is 7.06. The van der Waals surface area contributed by atoms with Gasteiger partial charge in [0.2, 0.25) is 5.91 Å². The summed E-state index contributed by atoms with van der Waals surface area (Å²) in [6.45, 7) is 1.71. The number of carbonyl (C=O) groups is 2. The second kappa shape index (κ2) is 7.22. The van der Waals surface area contributed by atoms with Gasteiger partial charge in [-0.15, -0.1) is 12.4 Å². The first-order valence-corrected chi connectivity index (χ1v) is 8.78. The Morgan fingerprint density at radius 2 is 2.08 bits per heavy atom. The molecule has 0 aromatic heterocycles. The van der Waals surface area contributed by atoms with Crippen LogP contribution in [0, 0.1) is 5.92 Å². The van der Waals surface area contributed by atoms with Gasteiger partial charge in [-0.05, 0) is 50.3 Å². The van der Waals surface area contributed by atoms with Gasteiger partial charge in [0.1, 0.15) is 5.75 Å². The van der Waals surface area contributed by atoms with E-state index in [1.54, 1.807) is 19.1 Å². The van der Waals surface area contributed by atoms with Gasteiger partial charge in [0.15, 0.2) is 6.10 Å². The third-order valence-electron chi connectivity index (χ3n) is 5.36. The maximum absolute atomic E-state index is 12.6. The van der Waals surface area contributed by atoms with Crippen LogP contribution < -0.4 is 20.7 Å². The van der Waals surface area contributed by atoms with Crippen LogP contribution in [0.3, 0.4) is 0 Å². The van der Waals surface area contributed by atoms with Crippen molar-refractivity contribution >= 4 is 35.6 Å². The summed E-state index contributed by atoms with van der Waals surface area (Å²) in [4.78, 5) is 24.3. The zero-order valence-electron chi connectivity index (χ0n) is 14.2. The molecule has 1 aromatic carbocycles. The monoisotopic (exact) mass is 365 g/mol. The lowest BCUT2D eigenvalue weighted by molar-refractivity contribution is -0.122. The predicted octanol–water partition coefficient (Wildman–Crippen LogP) is 2.69. The lowest BCUT2D eigenvalue weighted by Gasteiger charge is -2.24. The number of anilines is 2. The van der Waals surface area contributed by atoms with Gasteiger partial charge in [0.05, 0.1) is 11.7 Å². The first-order valence-electron chi connectivity index (χ1n) is 8.78. The number of halogens is 1. The lowest BCUT2D eigenvalue weighted by Crippen LogP contribution is -2.40. The highest BCUT2D eigenvalue weighted by molar-refractivity contribution is 6.00. The Hall–Kier alpha value is -1.79.